The molecule has 6 nitrogen and oxygen atoms in total. The lowest BCUT2D eigenvalue weighted by atomic mass is 10.0. The van der Waals surface area contributed by atoms with Crippen molar-refractivity contribution in [1.29, 1.82) is 0 Å². The first-order chi connectivity index (χ1) is 11.6. The Balaban J connectivity index is 2.06. The fourth-order valence-electron chi connectivity index (χ4n) is 2.90. The number of aromatic amines is 2. The summed E-state index contributed by atoms with van der Waals surface area (Å²) in [6.45, 7) is 0. The first-order valence-corrected chi connectivity index (χ1v) is 7.58. The van der Waals surface area contributed by atoms with Crippen molar-refractivity contribution in [3.8, 4) is 17.0 Å². The Kier molecular flexibility index (Phi) is 3.23. The normalized spacial score (nSPS) is 14.1. The van der Waals surface area contributed by atoms with Gasteiger partial charge in [0.1, 0.15) is 11.6 Å². The summed E-state index contributed by atoms with van der Waals surface area (Å²) in [6, 6.07) is 5.94. The molecule has 1 saturated carbocycles. The van der Waals surface area contributed by atoms with Crippen molar-refractivity contribution in [2.45, 2.75) is 18.8 Å². The summed E-state index contributed by atoms with van der Waals surface area (Å²) in [5.41, 5.74) is 1.22. The molecule has 0 radical (unpaired) electrons. The molecule has 122 valence electrons. The highest BCUT2D eigenvalue weighted by atomic mass is 19.1. The zero-order valence-electron chi connectivity index (χ0n) is 12.9. The molecule has 0 unspecified atom stereocenters. The summed E-state index contributed by atoms with van der Waals surface area (Å²) in [4.78, 5) is 32.9. The number of H-pyrrole nitrogens is 2. The molecule has 3 aromatic rings. The minimum atomic E-state index is -0.563. The van der Waals surface area contributed by atoms with Crippen molar-refractivity contribution in [3.05, 3.63) is 56.5 Å². The van der Waals surface area contributed by atoms with Gasteiger partial charge >= 0.3 is 5.69 Å². The summed E-state index contributed by atoms with van der Waals surface area (Å²) < 4.78 is 19.0. The molecule has 24 heavy (non-hydrogen) atoms. The zero-order chi connectivity index (χ0) is 16.8. The highest BCUT2D eigenvalue weighted by Crippen LogP contribution is 2.43. The van der Waals surface area contributed by atoms with Gasteiger partial charge < -0.3 is 9.72 Å². The van der Waals surface area contributed by atoms with Crippen LogP contribution in [0.3, 0.4) is 0 Å². The highest BCUT2D eigenvalue weighted by molar-refractivity contribution is 5.82. The Morgan fingerprint density at radius 3 is 2.71 bits per heavy atom. The van der Waals surface area contributed by atoms with E-state index in [2.05, 4.69) is 15.0 Å². The van der Waals surface area contributed by atoms with Gasteiger partial charge in [-0.25, -0.2) is 14.2 Å². The minimum Gasteiger partial charge on any atom is -0.496 e. The topological polar surface area (TPSA) is 87.8 Å². The number of fused-ring (bicyclic) bond motifs is 1. The molecule has 2 N–H and O–H groups in total. The number of hydrogen-bond acceptors (Lipinski definition) is 4. The molecule has 1 aliphatic carbocycles. The third kappa shape index (κ3) is 2.38. The van der Waals surface area contributed by atoms with Crippen LogP contribution in [0.2, 0.25) is 0 Å². The van der Waals surface area contributed by atoms with Crippen LogP contribution >= 0.6 is 0 Å². The number of hydrogen-bond donors (Lipinski definition) is 2. The molecule has 1 aliphatic rings. The Morgan fingerprint density at radius 2 is 2.00 bits per heavy atom. The number of nitrogens with one attached hydrogen (secondary N) is 2. The number of benzene rings is 1. The maximum atomic E-state index is 13.7. The molecule has 1 aromatic carbocycles. The lowest BCUT2D eigenvalue weighted by Gasteiger charge is -2.11. The second-order valence-electron chi connectivity index (χ2n) is 5.85. The van der Waals surface area contributed by atoms with Crippen LogP contribution in [0.4, 0.5) is 4.39 Å². The summed E-state index contributed by atoms with van der Waals surface area (Å²) in [5, 5.41) is 0. The van der Waals surface area contributed by atoms with Gasteiger partial charge in [-0.3, -0.25) is 9.78 Å². The quantitative estimate of drug-likeness (QED) is 0.773. The second kappa shape index (κ2) is 5.30. The fraction of sp³-hybridized carbons (Fsp3) is 0.235. The smallest absolute Gasteiger partial charge is 0.326 e. The Hall–Kier alpha value is -2.96. The number of nitrogens with zero attached hydrogens (tertiary/aromatic N) is 1. The first kappa shape index (κ1) is 14.6. The number of halogens is 1. The summed E-state index contributed by atoms with van der Waals surface area (Å²) >= 11 is 0. The maximum absolute atomic E-state index is 13.7. The maximum Gasteiger partial charge on any atom is 0.326 e. The molecule has 0 spiro atoms. The predicted octanol–water partition coefficient (Wildman–Crippen LogP) is 2.30. The van der Waals surface area contributed by atoms with Crippen LogP contribution in [0.5, 0.6) is 5.75 Å². The monoisotopic (exact) mass is 327 g/mol. The molecule has 1 fully saturated rings. The average molecular weight is 327 g/mol. The fourth-order valence-corrected chi connectivity index (χ4v) is 2.90. The van der Waals surface area contributed by atoms with Crippen LogP contribution in [0.25, 0.3) is 22.3 Å². The van der Waals surface area contributed by atoms with E-state index in [0.717, 1.165) is 18.4 Å². The Labute approximate surface area is 135 Å². The highest BCUT2D eigenvalue weighted by Gasteiger charge is 2.28. The third-order valence-electron chi connectivity index (χ3n) is 4.19. The summed E-state index contributed by atoms with van der Waals surface area (Å²) in [5.74, 6) is 0.313. The molecule has 2 heterocycles. The lowest BCUT2D eigenvalue weighted by molar-refractivity contribution is 0.415. The third-order valence-corrected chi connectivity index (χ3v) is 4.19. The largest absolute Gasteiger partial charge is 0.496 e. The molecule has 2 aromatic heterocycles. The molecule has 4 rings (SSSR count). The van der Waals surface area contributed by atoms with Crippen molar-refractivity contribution >= 4 is 11.0 Å². The number of pyridine rings is 1. The van der Waals surface area contributed by atoms with Gasteiger partial charge in [-0.15, -0.1) is 0 Å². The van der Waals surface area contributed by atoms with Gasteiger partial charge in [-0.05, 0) is 48.6 Å². The van der Waals surface area contributed by atoms with Crippen LogP contribution in [-0.2, 0) is 0 Å². The van der Waals surface area contributed by atoms with Crippen LogP contribution in [0, 0.1) is 5.82 Å². The van der Waals surface area contributed by atoms with Gasteiger partial charge in [0.2, 0.25) is 0 Å². The van der Waals surface area contributed by atoms with Gasteiger partial charge in [0, 0.05) is 5.56 Å². The first-order valence-electron chi connectivity index (χ1n) is 7.58. The molecular formula is C17H14FN3O3. The molecule has 7 heteroatoms. The van der Waals surface area contributed by atoms with Crippen molar-refractivity contribution < 1.29 is 9.13 Å². The Bertz CT molecular complexity index is 1070. The predicted molar refractivity (Wildman–Crippen MR) is 86.9 cm³/mol. The van der Waals surface area contributed by atoms with Gasteiger partial charge in [0.25, 0.3) is 5.56 Å². The molecular weight excluding hydrogens is 313 g/mol. The molecule has 0 saturated heterocycles. The van der Waals surface area contributed by atoms with Gasteiger partial charge in [-0.2, -0.15) is 0 Å². The summed E-state index contributed by atoms with van der Waals surface area (Å²) in [6.07, 6.45) is 1.96. The van der Waals surface area contributed by atoms with E-state index in [0.29, 0.717) is 22.5 Å². The average Bonchev–Trinajstić information content (AvgIpc) is 3.39. The van der Waals surface area contributed by atoms with Crippen molar-refractivity contribution in [1.82, 2.24) is 15.0 Å². The van der Waals surface area contributed by atoms with E-state index in [9.17, 15) is 14.0 Å². The lowest BCUT2D eigenvalue weighted by Crippen LogP contribution is -2.23. The number of rotatable bonds is 3. The molecule has 0 aliphatic heterocycles. The van der Waals surface area contributed by atoms with Crippen molar-refractivity contribution in [2.75, 3.05) is 7.11 Å². The van der Waals surface area contributed by atoms with Gasteiger partial charge in [0.05, 0.1) is 18.3 Å². The van der Waals surface area contributed by atoms with E-state index in [1.807, 2.05) is 0 Å². The van der Waals surface area contributed by atoms with Crippen molar-refractivity contribution in [2.24, 2.45) is 0 Å². The van der Waals surface area contributed by atoms with E-state index >= 15 is 0 Å². The van der Waals surface area contributed by atoms with Gasteiger partial charge in [-0.1, -0.05) is 0 Å². The van der Waals surface area contributed by atoms with E-state index in [1.54, 1.807) is 6.07 Å². The molecule has 0 amide bonds. The molecule has 0 atom stereocenters. The van der Waals surface area contributed by atoms with E-state index in [-0.39, 0.29) is 11.4 Å². The number of aromatic nitrogens is 3. The van der Waals surface area contributed by atoms with Crippen molar-refractivity contribution in [3.63, 3.8) is 0 Å². The minimum absolute atomic E-state index is 0.139. The number of ether oxygens (including phenoxy) is 1. The standard InChI is InChI=1S/C17H14FN3O3/c1-24-13-5-4-9(18)6-11(13)12-7-10(8-2-3-8)14-15(19-12)16(22)21-17(23)20-14/h4-8H,2-3H2,1H3,(H2,20,21,22,23). The van der Waals surface area contributed by atoms with Gasteiger partial charge in [0.15, 0.2) is 5.52 Å². The second-order valence-corrected chi connectivity index (χ2v) is 5.85. The Morgan fingerprint density at radius 1 is 1.21 bits per heavy atom. The van der Waals surface area contributed by atoms with E-state index < -0.39 is 17.1 Å². The van der Waals surface area contributed by atoms with Crippen LogP contribution in [-0.4, -0.2) is 22.1 Å². The van der Waals surface area contributed by atoms with E-state index in [4.69, 9.17) is 4.74 Å². The zero-order valence-corrected chi connectivity index (χ0v) is 12.9. The SMILES string of the molecule is COc1ccc(F)cc1-c1cc(C2CC2)c2[nH]c(=O)[nH]c(=O)c2n1. The molecule has 0 bridgehead atoms. The van der Waals surface area contributed by atoms with Crippen LogP contribution < -0.4 is 16.0 Å². The van der Waals surface area contributed by atoms with Crippen LogP contribution in [0.15, 0.2) is 33.9 Å². The summed E-state index contributed by atoms with van der Waals surface area (Å²) in [7, 11) is 1.49. The van der Waals surface area contributed by atoms with Crippen LogP contribution in [0.1, 0.15) is 24.3 Å². The van der Waals surface area contributed by atoms with E-state index in [1.165, 1.54) is 25.3 Å². The number of methoxy groups -OCH3 is 1.